The first-order chi connectivity index (χ1) is 10.4. The highest BCUT2D eigenvalue weighted by atomic mass is 32.2. The molecule has 1 aliphatic rings. The highest BCUT2D eigenvalue weighted by molar-refractivity contribution is 7.88. The Labute approximate surface area is 132 Å². The lowest BCUT2D eigenvalue weighted by Gasteiger charge is -2.37. The van der Waals surface area contributed by atoms with Gasteiger partial charge in [-0.3, -0.25) is 0 Å². The van der Waals surface area contributed by atoms with Gasteiger partial charge >= 0.3 is 33.4 Å². The smallest absolute Gasteiger partial charge is 0.354 e. The molecule has 1 unspecified atom stereocenters. The van der Waals surface area contributed by atoms with Crippen molar-refractivity contribution in [2.45, 2.75) is 47.9 Å². The third-order valence-corrected chi connectivity index (χ3v) is 5.89. The normalized spacial score (nSPS) is 25.0. The van der Waals surface area contributed by atoms with Crippen LogP contribution in [0.25, 0.3) is 0 Å². The number of hydrogen-bond donors (Lipinski definition) is 0. The Morgan fingerprint density at radius 1 is 0.917 bits per heavy atom. The molecule has 24 heavy (non-hydrogen) atoms. The van der Waals surface area contributed by atoms with E-state index in [4.69, 9.17) is 4.74 Å². The van der Waals surface area contributed by atoms with E-state index in [9.17, 15) is 47.9 Å². The average Bonchev–Trinajstić information content (AvgIpc) is 2.36. The molecule has 0 N–H and O–H groups in total. The topological polar surface area (TPSA) is 52.6 Å². The molecular formula is C9H11F9O4SSi. The second-order valence-corrected chi connectivity index (χ2v) is 8.25. The maximum absolute atomic E-state index is 13.4. The third-order valence-electron chi connectivity index (χ3n) is 3.15. The Balaban J connectivity index is 3.25. The third kappa shape index (κ3) is 3.39. The average molecular weight is 414 g/mol. The molecule has 0 aliphatic carbocycles. The van der Waals surface area contributed by atoms with Crippen LogP contribution in [0.15, 0.2) is 0 Å². The Morgan fingerprint density at radius 2 is 1.42 bits per heavy atom. The molecule has 4 nitrogen and oxygen atoms in total. The van der Waals surface area contributed by atoms with E-state index < -0.39 is 49.0 Å². The van der Waals surface area contributed by atoms with Crippen LogP contribution in [0, 0.1) is 0 Å². The first-order valence-corrected chi connectivity index (χ1v) is 8.61. The van der Waals surface area contributed by atoms with Gasteiger partial charge < -0.3 is 4.74 Å². The number of alkyl halides is 9. The zero-order valence-corrected chi connectivity index (χ0v) is 14.6. The summed E-state index contributed by atoms with van der Waals surface area (Å²) in [6.45, 7) is -0.181. The zero-order valence-electron chi connectivity index (χ0n) is 11.8. The van der Waals surface area contributed by atoms with Crippen LogP contribution in [0.5, 0.6) is 0 Å². The van der Waals surface area contributed by atoms with Crippen molar-refractivity contribution in [3.05, 3.63) is 0 Å². The van der Waals surface area contributed by atoms with E-state index in [0.717, 1.165) is 0 Å². The van der Waals surface area contributed by atoms with Crippen LogP contribution in [0.2, 0.25) is 0 Å². The molecule has 0 saturated carbocycles. The Bertz CT molecular complexity index is 568. The van der Waals surface area contributed by atoms with Gasteiger partial charge in [-0.25, -0.2) is 4.18 Å². The van der Waals surface area contributed by atoms with E-state index in [1.807, 2.05) is 0 Å². The number of hydrogen-bond acceptors (Lipinski definition) is 4. The van der Waals surface area contributed by atoms with Gasteiger partial charge in [0.05, 0.1) is 10.2 Å². The molecule has 1 saturated heterocycles. The molecule has 15 heteroatoms. The molecule has 1 aliphatic heterocycles. The van der Waals surface area contributed by atoms with Crippen LogP contribution in [0.1, 0.15) is 19.3 Å². The summed E-state index contributed by atoms with van der Waals surface area (Å²) < 4.78 is 146. The molecule has 0 bridgehead atoms. The van der Waals surface area contributed by atoms with Gasteiger partial charge in [-0.05, 0) is 19.3 Å². The minimum atomic E-state index is -7.31. The Morgan fingerprint density at radius 3 is 1.79 bits per heavy atom. The molecule has 144 valence electrons. The van der Waals surface area contributed by atoms with Crippen molar-refractivity contribution >= 4 is 20.4 Å². The van der Waals surface area contributed by atoms with Gasteiger partial charge in [0.25, 0.3) is 0 Å². The summed E-state index contributed by atoms with van der Waals surface area (Å²) in [5.41, 5.74) is -2.25. The monoisotopic (exact) mass is 414 g/mol. The highest BCUT2D eigenvalue weighted by Crippen LogP contribution is 2.55. The van der Waals surface area contributed by atoms with Gasteiger partial charge in [-0.15, -0.1) is 0 Å². The van der Waals surface area contributed by atoms with E-state index in [0.29, 0.717) is 6.42 Å². The lowest BCUT2D eigenvalue weighted by atomic mass is 10.1. The van der Waals surface area contributed by atoms with E-state index in [1.54, 1.807) is 0 Å². The van der Waals surface area contributed by atoms with Crippen LogP contribution in [0.4, 0.5) is 39.5 Å². The molecule has 0 aromatic rings. The Kier molecular flexibility index (Phi) is 5.39. The van der Waals surface area contributed by atoms with Crippen LogP contribution < -0.4 is 0 Å². The summed E-state index contributed by atoms with van der Waals surface area (Å²) in [7, 11) is -7.32. The first-order valence-electron chi connectivity index (χ1n) is 6.21. The van der Waals surface area contributed by atoms with Crippen molar-refractivity contribution in [1.82, 2.24) is 0 Å². The van der Waals surface area contributed by atoms with Gasteiger partial charge in [-0.2, -0.15) is 47.9 Å². The van der Waals surface area contributed by atoms with E-state index in [1.165, 1.54) is 0 Å². The molecule has 0 radical (unpaired) electrons. The highest BCUT2D eigenvalue weighted by Gasteiger charge is 2.86. The summed E-state index contributed by atoms with van der Waals surface area (Å²) >= 11 is 0. The Hall–Kier alpha value is -0.543. The number of halogens is 9. The quantitative estimate of drug-likeness (QED) is 0.392. The predicted octanol–water partition coefficient (Wildman–Crippen LogP) is 1.98. The fraction of sp³-hybridized carbons (Fsp3) is 1.00. The number of rotatable bonds is 5. The maximum atomic E-state index is 13.4. The molecule has 1 rings (SSSR count). The van der Waals surface area contributed by atoms with Crippen LogP contribution in [0.3, 0.4) is 0 Å². The SMILES string of the molecule is O=S(=O)(OC1([SiH3])CCCCO1)C(F)(F)C(F)(F)C(F)(F)C(F)(F)F. The molecule has 0 spiro atoms. The van der Waals surface area contributed by atoms with Gasteiger partial charge in [0.15, 0.2) is 5.41 Å². The van der Waals surface area contributed by atoms with E-state index in [-0.39, 0.29) is 19.4 Å². The van der Waals surface area contributed by atoms with E-state index >= 15 is 0 Å². The minimum absolute atomic E-state index is 0.181. The van der Waals surface area contributed by atoms with Crippen molar-refractivity contribution in [3.63, 3.8) is 0 Å². The molecule has 1 atom stereocenters. The molecule has 0 amide bonds. The molecule has 0 aromatic carbocycles. The summed E-state index contributed by atoms with van der Waals surface area (Å²) in [6, 6.07) is 0. The van der Waals surface area contributed by atoms with Gasteiger partial charge in [-0.1, -0.05) is 0 Å². The summed E-state index contributed by atoms with van der Waals surface area (Å²) in [4.78, 5) is 0. The minimum Gasteiger partial charge on any atom is -0.354 e. The van der Waals surface area contributed by atoms with Crippen molar-refractivity contribution in [2.75, 3.05) is 6.61 Å². The number of ether oxygens (including phenoxy) is 1. The maximum Gasteiger partial charge on any atom is 0.460 e. The lowest BCUT2D eigenvalue weighted by molar-refractivity contribution is -0.383. The summed E-state index contributed by atoms with van der Waals surface area (Å²) in [5, 5.41) is -6.85. The standard InChI is InChI=1S/C9H11F9O4SSi/c10-6(11,8(14,15)16)7(12,13)9(17,18)23(19,20)22-5(24)3-1-2-4-21-5/h1-4H2,24H3. The molecular weight excluding hydrogens is 403 g/mol. The van der Waals surface area contributed by atoms with Crippen LogP contribution in [-0.2, 0) is 19.0 Å². The molecule has 0 aromatic heterocycles. The second-order valence-electron chi connectivity index (χ2n) is 5.14. The largest absolute Gasteiger partial charge is 0.460 e. The van der Waals surface area contributed by atoms with Crippen LogP contribution >= 0.6 is 0 Å². The van der Waals surface area contributed by atoms with Gasteiger partial charge in [0, 0.05) is 6.61 Å². The fourth-order valence-corrected chi connectivity index (χ4v) is 4.13. The second kappa shape index (κ2) is 6.02. The summed E-state index contributed by atoms with van der Waals surface area (Å²) in [6.07, 6.45) is -6.88. The van der Waals surface area contributed by atoms with Crippen molar-refractivity contribution in [3.8, 4) is 0 Å². The zero-order chi connectivity index (χ0) is 19.2. The summed E-state index contributed by atoms with van der Waals surface area (Å²) in [5.74, 6) is -14.6. The van der Waals surface area contributed by atoms with Gasteiger partial charge in [0.2, 0.25) is 0 Å². The van der Waals surface area contributed by atoms with Crippen molar-refractivity contribution in [1.29, 1.82) is 0 Å². The first kappa shape index (κ1) is 21.5. The lowest BCUT2D eigenvalue weighted by Crippen LogP contribution is -2.64. The molecule has 1 heterocycles. The van der Waals surface area contributed by atoms with Gasteiger partial charge in [0.1, 0.15) is 0 Å². The molecule has 1 fully saturated rings. The fourth-order valence-electron chi connectivity index (χ4n) is 1.78. The van der Waals surface area contributed by atoms with Crippen molar-refractivity contribution in [2.24, 2.45) is 0 Å². The van der Waals surface area contributed by atoms with Crippen LogP contribution in [-0.4, -0.2) is 54.0 Å². The van der Waals surface area contributed by atoms with E-state index in [2.05, 4.69) is 4.18 Å². The predicted molar refractivity (Wildman–Crippen MR) is 63.4 cm³/mol. The van der Waals surface area contributed by atoms with Crippen molar-refractivity contribution < 1.29 is 56.9 Å².